The maximum Gasteiger partial charge on any atom is 0.387 e. The van der Waals surface area contributed by atoms with E-state index < -0.39 is 13.2 Å². The van der Waals surface area contributed by atoms with Crippen molar-refractivity contribution >= 4 is 6.03 Å². The van der Waals surface area contributed by atoms with Gasteiger partial charge in [-0.15, -0.1) is 0 Å². The van der Waals surface area contributed by atoms with Crippen LogP contribution in [0.15, 0.2) is 48.5 Å². The summed E-state index contributed by atoms with van der Waals surface area (Å²) in [5.41, 5.74) is 1.32. The highest BCUT2D eigenvalue weighted by Gasteiger charge is 2.10. The minimum Gasteiger partial charge on any atom is -0.435 e. The third-order valence-corrected chi connectivity index (χ3v) is 3.48. The smallest absolute Gasteiger partial charge is 0.387 e. The Labute approximate surface area is 153 Å². The topological polar surface area (TPSA) is 50.8 Å². The first-order chi connectivity index (χ1) is 12.8. The third-order valence-electron chi connectivity index (χ3n) is 3.48. The summed E-state index contributed by atoms with van der Waals surface area (Å²) in [6, 6.07) is 11.6. The van der Waals surface area contributed by atoms with Gasteiger partial charge in [0.1, 0.15) is 11.5 Å². The number of ether oxygens (including phenoxy) is 2. The minimum absolute atomic E-state index is 0.0104. The van der Waals surface area contributed by atoms with Crippen LogP contribution in [0.5, 0.6) is 11.5 Å². The second-order valence-corrected chi connectivity index (χ2v) is 5.56. The molecule has 5 nitrogen and oxygen atoms in total. The number of carbonyl (C=O) groups excluding carboxylic acids is 1. The Bertz CT molecular complexity index is 742. The molecule has 27 heavy (non-hydrogen) atoms. The van der Waals surface area contributed by atoms with Gasteiger partial charge >= 0.3 is 19.3 Å². The Hall–Kier alpha value is -2.97. The van der Waals surface area contributed by atoms with Crippen LogP contribution >= 0.6 is 0 Å². The number of carbonyl (C=O) groups is 1. The number of halogens is 4. The van der Waals surface area contributed by atoms with Gasteiger partial charge in [-0.3, -0.25) is 0 Å². The fourth-order valence-electron chi connectivity index (χ4n) is 2.27. The van der Waals surface area contributed by atoms with Crippen molar-refractivity contribution in [2.24, 2.45) is 0 Å². The van der Waals surface area contributed by atoms with E-state index in [4.69, 9.17) is 0 Å². The van der Waals surface area contributed by atoms with Crippen LogP contribution in [-0.4, -0.2) is 31.2 Å². The first kappa shape index (κ1) is 20.3. The van der Waals surface area contributed by atoms with E-state index in [0.717, 1.165) is 5.56 Å². The molecule has 0 saturated carbocycles. The van der Waals surface area contributed by atoms with Crippen molar-refractivity contribution in [1.29, 1.82) is 0 Å². The quantitative estimate of drug-likeness (QED) is 0.691. The van der Waals surface area contributed by atoms with Gasteiger partial charge in [-0.05, 0) is 35.4 Å². The van der Waals surface area contributed by atoms with E-state index in [2.05, 4.69) is 14.8 Å². The SMILES string of the molecule is CN(Cc1ccc(OC(F)F)cc1)C(=O)NCc1cccc(OC(F)F)c1. The summed E-state index contributed by atoms with van der Waals surface area (Å²) in [5, 5.41) is 2.66. The molecular formula is C18H18F4N2O3. The maximum atomic E-state index is 12.2. The van der Waals surface area contributed by atoms with Crippen molar-refractivity contribution in [2.45, 2.75) is 26.3 Å². The lowest BCUT2D eigenvalue weighted by molar-refractivity contribution is -0.0505. The van der Waals surface area contributed by atoms with Crippen molar-refractivity contribution in [3.05, 3.63) is 59.7 Å². The monoisotopic (exact) mass is 386 g/mol. The Morgan fingerprint density at radius 2 is 1.59 bits per heavy atom. The van der Waals surface area contributed by atoms with Gasteiger partial charge < -0.3 is 19.7 Å². The number of urea groups is 1. The zero-order valence-corrected chi connectivity index (χ0v) is 14.4. The lowest BCUT2D eigenvalue weighted by Gasteiger charge is -2.18. The van der Waals surface area contributed by atoms with Crippen LogP contribution in [0, 0.1) is 0 Å². The van der Waals surface area contributed by atoms with Crippen LogP contribution in [0.3, 0.4) is 0 Å². The molecule has 2 rings (SSSR count). The molecule has 0 saturated heterocycles. The molecule has 0 fully saturated rings. The normalized spacial score (nSPS) is 10.8. The third kappa shape index (κ3) is 7.04. The molecule has 0 aromatic heterocycles. The zero-order valence-electron chi connectivity index (χ0n) is 14.4. The Morgan fingerprint density at radius 1 is 0.963 bits per heavy atom. The number of nitrogens with zero attached hydrogens (tertiary/aromatic N) is 1. The molecule has 0 radical (unpaired) electrons. The molecule has 146 valence electrons. The van der Waals surface area contributed by atoms with E-state index in [1.807, 2.05) is 0 Å². The molecule has 0 atom stereocenters. The first-order valence-corrected chi connectivity index (χ1v) is 7.90. The lowest BCUT2D eigenvalue weighted by Crippen LogP contribution is -2.36. The van der Waals surface area contributed by atoms with Crippen LogP contribution < -0.4 is 14.8 Å². The van der Waals surface area contributed by atoms with Crippen molar-refractivity contribution in [2.75, 3.05) is 7.05 Å². The van der Waals surface area contributed by atoms with Gasteiger partial charge in [0, 0.05) is 20.1 Å². The average Bonchev–Trinajstić information content (AvgIpc) is 2.60. The molecule has 2 aromatic rings. The van der Waals surface area contributed by atoms with E-state index in [0.29, 0.717) is 5.56 Å². The molecule has 9 heteroatoms. The second kappa shape index (κ2) is 9.65. The predicted octanol–water partition coefficient (Wildman–Crippen LogP) is 4.23. The number of rotatable bonds is 8. The summed E-state index contributed by atoms with van der Waals surface area (Å²) in [7, 11) is 1.56. The van der Waals surface area contributed by atoms with Gasteiger partial charge in [0.25, 0.3) is 0 Å². The van der Waals surface area contributed by atoms with Crippen LogP contribution in [0.4, 0.5) is 22.4 Å². The minimum atomic E-state index is -2.92. The summed E-state index contributed by atoms with van der Waals surface area (Å²) in [4.78, 5) is 13.5. The molecule has 0 spiro atoms. The predicted molar refractivity (Wildman–Crippen MR) is 89.9 cm³/mol. The average molecular weight is 386 g/mol. The molecule has 0 aliphatic carbocycles. The summed E-state index contributed by atoms with van der Waals surface area (Å²) in [6.45, 7) is -5.44. The number of hydrogen-bond donors (Lipinski definition) is 1. The Morgan fingerprint density at radius 3 is 2.22 bits per heavy atom. The highest BCUT2D eigenvalue weighted by Crippen LogP contribution is 2.17. The van der Waals surface area contributed by atoms with Gasteiger partial charge in [-0.2, -0.15) is 17.6 Å². The van der Waals surface area contributed by atoms with Crippen LogP contribution in [0.1, 0.15) is 11.1 Å². The Balaban J connectivity index is 1.85. The maximum absolute atomic E-state index is 12.2. The second-order valence-electron chi connectivity index (χ2n) is 5.56. The number of amides is 2. The van der Waals surface area contributed by atoms with Crippen molar-refractivity contribution in [1.82, 2.24) is 10.2 Å². The fourth-order valence-corrected chi connectivity index (χ4v) is 2.27. The molecule has 2 amide bonds. The highest BCUT2D eigenvalue weighted by atomic mass is 19.3. The number of benzene rings is 2. The first-order valence-electron chi connectivity index (χ1n) is 7.90. The van der Waals surface area contributed by atoms with Crippen molar-refractivity contribution < 1.29 is 31.8 Å². The van der Waals surface area contributed by atoms with E-state index in [-0.39, 0.29) is 30.6 Å². The number of hydrogen-bond acceptors (Lipinski definition) is 3. The zero-order chi connectivity index (χ0) is 19.8. The van der Waals surface area contributed by atoms with E-state index in [1.54, 1.807) is 31.3 Å². The van der Waals surface area contributed by atoms with Gasteiger partial charge in [0.05, 0.1) is 0 Å². The standard InChI is InChI=1S/C18H18F4N2O3/c1-24(11-12-5-7-14(8-6-12)26-16(19)20)18(25)23-10-13-3-2-4-15(9-13)27-17(21)22/h2-9,16-17H,10-11H2,1H3,(H,23,25). The van der Waals surface area contributed by atoms with Gasteiger partial charge in [0.15, 0.2) is 0 Å². The van der Waals surface area contributed by atoms with Gasteiger partial charge in [-0.1, -0.05) is 24.3 Å². The Kier molecular flexibility index (Phi) is 7.27. The van der Waals surface area contributed by atoms with Crippen molar-refractivity contribution in [3.8, 4) is 11.5 Å². The fraction of sp³-hybridized carbons (Fsp3) is 0.278. The molecule has 0 bridgehead atoms. The molecular weight excluding hydrogens is 368 g/mol. The number of alkyl halides is 4. The summed E-state index contributed by atoms with van der Waals surface area (Å²) in [6.07, 6.45) is 0. The molecule has 0 heterocycles. The van der Waals surface area contributed by atoms with Gasteiger partial charge in [0.2, 0.25) is 0 Å². The van der Waals surface area contributed by atoms with Crippen LogP contribution in [-0.2, 0) is 13.1 Å². The van der Waals surface area contributed by atoms with Crippen LogP contribution in [0.25, 0.3) is 0 Å². The molecule has 0 aliphatic rings. The summed E-state index contributed by atoms with van der Waals surface area (Å²) < 4.78 is 57.3. The van der Waals surface area contributed by atoms with E-state index >= 15 is 0 Å². The summed E-state index contributed by atoms with van der Waals surface area (Å²) >= 11 is 0. The molecule has 0 aliphatic heterocycles. The van der Waals surface area contributed by atoms with Gasteiger partial charge in [-0.25, -0.2) is 4.79 Å². The largest absolute Gasteiger partial charge is 0.435 e. The molecule has 0 unspecified atom stereocenters. The van der Waals surface area contributed by atoms with E-state index in [1.165, 1.54) is 29.2 Å². The number of nitrogens with one attached hydrogen (secondary N) is 1. The summed E-state index contributed by atoms with van der Waals surface area (Å²) in [5.74, 6) is 0.0444. The van der Waals surface area contributed by atoms with E-state index in [9.17, 15) is 22.4 Å². The van der Waals surface area contributed by atoms with Crippen LogP contribution in [0.2, 0.25) is 0 Å². The molecule has 2 aromatic carbocycles. The lowest BCUT2D eigenvalue weighted by atomic mass is 10.2. The van der Waals surface area contributed by atoms with Crippen molar-refractivity contribution in [3.63, 3.8) is 0 Å². The molecule has 1 N–H and O–H groups in total. The highest BCUT2D eigenvalue weighted by molar-refractivity contribution is 5.73.